The maximum Gasteiger partial charge on any atom is 0.296 e. The predicted molar refractivity (Wildman–Crippen MR) is 148 cm³/mol. The van der Waals surface area contributed by atoms with Gasteiger partial charge in [0.25, 0.3) is 21.7 Å². The molecule has 0 saturated heterocycles. The van der Waals surface area contributed by atoms with E-state index in [9.17, 15) is 23.3 Å². The molecule has 1 aliphatic rings. The van der Waals surface area contributed by atoms with Crippen molar-refractivity contribution in [3.05, 3.63) is 98.1 Å². The van der Waals surface area contributed by atoms with Gasteiger partial charge in [0.05, 0.1) is 22.5 Å². The average Bonchev–Trinajstić information content (AvgIpc) is 3.07. The van der Waals surface area contributed by atoms with E-state index in [1.165, 1.54) is 30.3 Å². The lowest BCUT2D eigenvalue weighted by molar-refractivity contribution is -0.384. The molecule has 1 aliphatic heterocycles. The van der Waals surface area contributed by atoms with E-state index in [1.54, 1.807) is 42.2 Å². The first-order valence-electron chi connectivity index (χ1n) is 12.5. The highest BCUT2D eigenvalue weighted by atomic mass is 35.5. The van der Waals surface area contributed by atoms with E-state index < -0.39 is 15.0 Å². The van der Waals surface area contributed by atoms with Gasteiger partial charge in [-0.05, 0) is 75.1 Å². The molecule has 0 saturated carbocycles. The van der Waals surface area contributed by atoms with Gasteiger partial charge in [0.15, 0.2) is 0 Å². The van der Waals surface area contributed by atoms with E-state index in [2.05, 4.69) is 0 Å². The standard InChI is InChI=1S/C28H29ClN2O7S/c1-19-6-10-23(11-7-19)39(35,36)38-16-4-15-37-27-5-3-14-30(26-13-8-21(29)18-25(26)27)28(32)24-12-9-22(31(33)34)17-20(24)2/h6-13,17-18,27H,3-5,14-16H2,1-2H3. The van der Waals surface area contributed by atoms with Crippen molar-refractivity contribution >= 4 is 39.0 Å². The maximum absolute atomic E-state index is 13.5. The van der Waals surface area contributed by atoms with Crippen LogP contribution in [0.1, 0.15) is 52.4 Å². The van der Waals surface area contributed by atoms with Gasteiger partial charge in [-0.25, -0.2) is 0 Å². The number of nitro groups is 1. The van der Waals surface area contributed by atoms with Gasteiger partial charge in [0.2, 0.25) is 0 Å². The van der Waals surface area contributed by atoms with Crippen molar-refractivity contribution in [1.82, 2.24) is 0 Å². The van der Waals surface area contributed by atoms with Crippen LogP contribution in [-0.2, 0) is 19.0 Å². The molecule has 206 valence electrons. The number of hydrogen-bond acceptors (Lipinski definition) is 7. The van der Waals surface area contributed by atoms with Crippen LogP contribution in [0.25, 0.3) is 0 Å². The van der Waals surface area contributed by atoms with Crippen molar-refractivity contribution in [2.24, 2.45) is 0 Å². The van der Waals surface area contributed by atoms with Crippen LogP contribution >= 0.6 is 11.6 Å². The second-order valence-corrected chi connectivity index (χ2v) is 11.4. The normalized spacial score (nSPS) is 15.5. The molecule has 0 spiro atoms. The zero-order valence-electron chi connectivity index (χ0n) is 21.6. The van der Waals surface area contributed by atoms with E-state index >= 15 is 0 Å². The van der Waals surface area contributed by atoms with Gasteiger partial charge in [-0.15, -0.1) is 0 Å². The quantitative estimate of drug-likeness (QED) is 0.130. The van der Waals surface area contributed by atoms with Crippen LogP contribution in [0.5, 0.6) is 0 Å². The second-order valence-electron chi connectivity index (χ2n) is 9.36. The summed E-state index contributed by atoms with van der Waals surface area (Å²) in [7, 11) is -3.85. The molecule has 39 heavy (non-hydrogen) atoms. The summed E-state index contributed by atoms with van der Waals surface area (Å²) in [4.78, 5) is 25.9. The van der Waals surface area contributed by atoms with Gasteiger partial charge in [-0.1, -0.05) is 29.3 Å². The number of halogens is 1. The summed E-state index contributed by atoms with van der Waals surface area (Å²) in [6.07, 6.45) is 1.26. The number of carbonyl (C=O) groups is 1. The Morgan fingerprint density at radius 1 is 1.08 bits per heavy atom. The molecule has 1 unspecified atom stereocenters. The maximum atomic E-state index is 13.5. The molecule has 4 rings (SSSR count). The van der Waals surface area contributed by atoms with Gasteiger partial charge >= 0.3 is 0 Å². The van der Waals surface area contributed by atoms with Crippen molar-refractivity contribution < 1.29 is 27.1 Å². The minimum absolute atomic E-state index is 0.0324. The van der Waals surface area contributed by atoms with E-state index in [-0.39, 0.29) is 35.8 Å². The third-order valence-corrected chi connectivity index (χ3v) is 8.09. The molecule has 11 heteroatoms. The van der Waals surface area contributed by atoms with E-state index in [4.69, 9.17) is 20.5 Å². The number of amides is 1. The molecular formula is C28H29ClN2O7S. The van der Waals surface area contributed by atoms with Crippen molar-refractivity contribution in [2.75, 3.05) is 24.7 Å². The summed E-state index contributed by atoms with van der Waals surface area (Å²) in [6, 6.07) is 15.9. The molecule has 3 aromatic rings. The topological polar surface area (TPSA) is 116 Å². The van der Waals surface area contributed by atoms with Gasteiger partial charge < -0.3 is 9.64 Å². The van der Waals surface area contributed by atoms with Crippen LogP contribution in [0, 0.1) is 24.0 Å². The highest BCUT2D eigenvalue weighted by molar-refractivity contribution is 7.86. The van der Waals surface area contributed by atoms with Gasteiger partial charge in [-0.3, -0.25) is 19.1 Å². The number of carbonyl (C=O) groups excluding carboxylic acids is 1. The molecule has 1 amide bonds. The molecule has 1 heterocycles. The highest BCUT2D eigenvalue weighted by Crippen LogP contribution is 2.38. The Bertz CT molecular complexity index is 1480. The fourth-order valence-corrected chi connectivity index (χ4v) is 5.62. The first-order chi connectivity index (χ1) is 18.6. The molecule has 0 aliphatic carbocycles. The molecule has 0 bridgehead atoms. The number of nitro benzene ring substituents is 1. The summed E-state index contributed by atoms with van der Waals surface area (Å²) in [6.45, 7) is 4.19. The number of aryl methyl sites for hydroxylation is 2. The van der Waals surface area contributed by atoms with Gasteiger partial charge in [0, 0.05) is 47.1 Å². The Labute approximate surface area is 232 Å². The zero-order chi connectivity index (χ0) is 28.2. The summed E-state index contributed by atoms with van der Waals surface area (Å²) in [5, 5.41) is 11.6. The molecule has 3 aromatic carbocycles. The van der Waals surface area contributed by atoms with Crippen LogP contribution in [-0.4, -0.2) is 39.0 Å². The van der Waals surface area contributed by atoms with Crippen molar-refractivity contribution in [2.45, 2.75) is 44.1 Å². The molecule has 0 N–H and O–H groups in total. The predicted octanol–water partition coefficient (Wildman–Crippen LogP) is 6.16. The second kappa shape index (κ2) is 12.3. The van der Waals surface area contributed by atoms with Crippen LogP contribution in [0.4, 0.5) is 11.4 Å². The zero-order valence-corrected chi connectivity index (χ0v) is 23.2. The minimum Gasteiger partial charge on any atom is -0.373 e. The average molecular weight is 573 g/mol. The van der Waals surface area contributed by atoms with Gasteiger partial charge in [0.1, 0.15) is 0 Å². The van der Waals surface area contributed by atoms with Crippen LogP contribution < -0.4 is 4.90 Å². The van der Waals surface area contributed by atoms with Crippen LogP contribution in [0.3, 0.4) is 0 Å². The smallest absolute Gasteiger partial charge is 0.296 e. The monoisotopic (exact) mass is 572 g/mol. The minimum atomic E-state index is -3.85. The number of non-ortho nitro benzene ring substituents is 1. The van der Waals surface area contributed by atoms with E-state index in [0.29, 0.717) is 47.6 Å². The number of nitrogens with zero attached hydrogens (tertiary/aromatic N) is 2. The lowest BCUT2D eigenvalue weighted by Crippen LogP contribution is -2.32. The number of anilines is 1. The van der Waals surface area contributed by atoms with Crippen molar-refractivity contribution in [3.8, 4) is 0 Å². The fraction of sp³-hybridized carbons (Fsp3) is 0.321. The molecule has 0 radical (unpaired) electrons. The third kappa shape index (κ3) is 6.83. The molecule has 0 aromatic heterocycles. The number of rotatable bonds is 9. The number of ether oxygens (including phenoxy) is 1. The third-order valence-electron chi connectivity index (χ3n) is 6.53. The SMILES string of the molecule is Cc1ccc(S(=O)(=O)OCCCOC2CCCN(C(=O)c3ccc([N+](=O)[O-])cc3C)c3ccc(Cl)cc32)cc1. The molecule has 1 atom stereocenters. The highest BCUT2D eigenvalue weighted by Gasteiger charge is 2.29. The summed E-state index contributed by atoms with van der Waals surface area (Å²) >= 11 is 6.30. The Morgan fingerprint density at radius 3 is 2.51 bits per heavy atom. The number of hydrogen-bond donors (Lipinski definition) is 0. The lowest BCUT2D eigenvalue weighted by atomic mass is 10.0. The number of fused-ring (bicyclic) bond motifs is 1. The van der Waals surface area contributed by atoms with Crippen LogP contribution in [0.2, 0.25) is 5.02 Å². The Kier molecular flexibility index (Phi) is 9.01. The Hall–Kier alpha value is -3.31. The molecule has 9 nitrogen and oxygen atoms in total. The van der Waals surface area contributed by atoms with E-state index in [1.807, 2.05) is 6.92 Å². The first kappa shape index (κ1) is 28.7. The Balaban J connectivity index is 1.44. The summed E-state index contributed by atoms with van der Waals surface area (Å²) in [5.74, 6) is -0.263. The Morgan fingerprint density at radius 2 is 1.82 bits per heavy atom. The summed E-state index contributed by atoms with van der Waals surface area (Å²) in [5.41, 5.74) is 3.18. The first-order valence-corrected chi connectivity index (χ1v) is 14.3. The molecular weight excluding hydrogens is 544 g/mol. The summed E-state index contributed by atoms with van der Waals surface area (Å²) < 4.78 is 36.1. The van der Waals surface area contributed by atoms with Crippen molar-refractivity contribution in [1.29, 1.82) is 0 Å². The molecule has 0 fully saturated rings. The largest absolute Gasteiger partial charge is 0.373 e. The van der Waals surface area contributed by atoms with Gasteiger partial charge in [-0.2, -0.15) is 8.42 Å². The van der Waals surface area contributed by atoms with Crippen molar-refractivity contribution in [3.63, 3.8) is 0 Å². The fourth-order valence-electron chi connectivity index (χ4n) is 4.50. The number of benzene rings is 3. The van der Waals surface area contributed by atoms with E-state index in [0.717, 1.165) is 11.1 Å². The van der Waals surface area contributed by atoms with Crippen LogP contribution in [0.15, 0.2) is 65.6 Å². The lowest BCUT2D eigenvalue weighted by Gasteiger charge is -2.25.